The molecule has 0 unspecified atom stereocenters. The zero-order chi connectivity index (χ0) is 20.1. The topological polar surface area (TPSA) is 162 Å². The minimum absolute atomic E-state index is 0.0178. The molecule has 1 amide bonds. The van der Waals surface area contributed by atoms with Gasteiger partial charge in [0, 0.05) is 17.7 Å². The maximum Gasteiger partial charge on any atom is 0.408 e. The van der Waals surface area contributed by atoms with E-state index in [1.165, 1.54) is 6.92 Å². The molecule has 0 aliphatic carbocycles. The maximum atomic E-state index is 11.9. The fourth-order valence-corrected chi connectivity index (χ4v) is 2.37. The molecule has 26 heavy (non-hydrogen) atoms. The monoisotopic (exact) mass is 369 g/mol. The van der Waals surface area contributed by atoms with Crippen LogP contribution in [0.1, 0.15) is 32.8 Å². The third-order valence-corrected chi connectivity index (χ3v) is 3.42. The highest BCUT2D eigenvalue weighted by molar-refractivity contribution is 5.83. The van der Waals surface area contributed by atoms with Crippen molar-refractivity contribution in [1.29, 1.82) is 0 Å². The van der Waals surface area contributed by atoms with E-state index in [4.69, 9.17) is 4.74 Å². The van der Waals surface area contributed by atoms with Crippen LogP contribution in [0.3, 0.4) is 0 Å². The predicted octanol–water partition coefficient (Wildman–Crippen LogP) is 2.62. The van der Waals surface area contributed by atoms with E-state index >= 15 is 0 Å². The number of benzene rings is 1. The largest absolute Gasteiger partial charge is 0.480 e. The number of aliphatic carboxylic acids is 1. The summed E-state index contributed by atoms with van der Waals surface area (Å²) in [5.74, 6) is -1.26. The maximum absolute atomic E-state index is 11.9. The van der Waals surface area contributed by atoms with Crippen molar-refractivity contribution in [3.63, 3.8) is 0 Å². The summed E-state index contributed by atoms with van der Waals surface area (Å²) in [5.41, 5.74) is -2.57. The quantitative estimate of drug-likeness (QED) is 0.522. The highest BCUT2D eigenvalue weighted by atomic mass is 16.6. The molecule has 1 atom stereocenters. The van der Waals surface area contributed by atoms with E-state index in [2.05, 4.69) is 5.32 Å². The van der Waals surface area contributed by atoms with Crippen LogP contribution in [0.25, 0.3) is 0 Å². The lowest BCUT2D eigenvalue weighted by molar-refractivity contribution is -0.394. The Labute approximate surface area is 148 Å². The molecule has 0 aliphatic rings. The van der Waals surface area contributed by atoms with E-state index < -0.39 is 45.4 Å². The third-order valence-electron chi connectivity index (χ3n) is 3.42. The average Bonchev–Trinajstić information content (AvgIpc) is 2.51. The van der Waals surface area contributed by atoms with E-state index in [9.17, 15) is 34.9 Å². The van der Waals surface area contributed by atoms with Crippen molar-refractivity contribution < 1.29 is 29.3 Å². The number of amides is 1. The highest BCUT2D eigenvalue weighted by Crippen LogP contribution is 2.23. The fraction of sp³-hybridized carbons (Fsp3) is 0.467. The van der Waals surface area contributed by atoms with Gasteiger partial charge in [-0.15, -0.1) is 0 Å². The molecular weight excluding hydrogens is 350 g/mol. The Hall–Kier alpha value is -3.24. The van der Waals surface area contributed by atoms with Crippen molar-refractivity contribution >= 4 is 23.4 Å². The Morgan fingerprint density at radius 1 is 1.19 bits per heavy atom. The summed E-state index contributed by atoms with van der Waals surface area (Å²) in [6, 6.07) is 2.85. The predicted molar refractivity (Wildman–Crippen MR) is 88.6 cm³/mol. The molecule has 1 rings (SSSR count). The number of nitrogens with one attached hydrogen (secondary N) is 1. The first-order valence-electron chi connectivity index (χ1n) is 7.55. The molecule has 0 aliphatic heterocycles. The first-order chi connectivity index (χ1) is 11.9. The number of carbonyl (C=O) groups is 2. The van der Waals surface area contributed by atoms with Crippen molar-refractivity contribution in [1.82, 2.24) is 5.32 Å². The Kier molecular flexibility index (Phi) is 6.58. The first kappa shape index (κ1) is 20.8. The molecule has 11 nitrogen and oxygen atoms in total. The van der Waals surface area contributed by atoms with E-state index in [0.29, 0.717) is 0 Å². The normalized spacial score (nSPS) is 12.9. The minimum Gasteiger partial charge on any atom is -0.480 e. The summed E-state index contributed by atoms with van der Waals surface area (Å²) < 4.78 is 4.87. The van der Waals surface area contributed by atoms with Crippen LogP contribution < -0.4 is 5.32 Å². The Morgan fingerprint density at radius 2 is 1.69 bits per heavy atom. The second-order valence-corrected chi connectivity index (χ2v) is 6.31. The fourth-order valence-electron chi connectivity index (χ4n) is 2.37. The number of nitro benzene ring substituents is 2. The van der Waals surface area contributed by atoms with Gasteiger partial charge in [-0.05, 0) is 19.3 Å². The number of ether oxygens (including phenoxy) is 1. The van der Waals surface area contributed by atoms with E-state index in [1.807, 2.05) is 0 Å². The van der Waals surface area contributed by atoms with Crippen LogP contribution in [-0.4, -0.2) is 32.6 Å². The number of carboxylic acid groups (broad SMARTS) is 1. The van der Waals surface area contributed by atoms with Gasteiger partial charge in [-0.25, -0.2) is 9.59 Å². The molecule has 0 bridgehead atoms. The lowest BCUT2D eigenvalue weighted by atomic mass is 9.91. The van der Waals surface area contributed by atoms with Crippen LogP contribution in [0.2, 0.25) is 0 Å². The molecule has 0 fully saturated rings. The summed E-state index contributed by atoms with van der Waals surface area (Å²) in [4.78, 5) is 43.3. The number of rotatable bonds is 8. The number of non-ortho nitro benzene ring substituents is 2. The molecule has 11 heteroatoms. The van der Waals surface area contributed by atoms with Crippen LogP contribution >= 0.6 is 0 Å². The number of carboxylic acids is 1. The second kappa shape index (κ2) is 8.23. The molecule has 0 aromatic heterocycles. The first-order valence-corrected chi connectivity index (χ1v) is 7.55. The van der Waals surface area contributed by atoms with Crippen molar-refractivity contribution in [2.45, 2.75) is 39.3 Å². The number of carbonyl (C=O) groups excluding carboxylic acids is 1. The molecular formula is C15H19N3O8. The summed E-state index contributed by atoms with van der Waals surface area (Å²) in [6.07, 6.45) is -0.899. The standard InChI is InChI=1S/C15H19N3O8/c1-9(2)7-15(3,13(19)20)16-14(21)26-8-10-4-11(17(22)23)6-12(5-10)18(24)25/h4-6,9H,7-8H2,1-3H3,(H,16,21)(H,19,20)/t15-/m1/s1. The molecule has 0 saturated heterocycles. The highest BCUT2D eigenvalue weighted by Gasteiger charge is 2.36. The van der Waals surface area contributed by atoms with Gasteiger partial charge in [0.05, 0.1) is 15.9 Å². The van der Waals surface area contributed by atoms with Gasteiger partial charge < -0.3 is 15.2 Å². The smallest absolute Gasteiger partial charge is 0.408 e. The SMILES string of the molecule is CC(C)C[C@@](C)(NC(=O)OCc1cc([N+](=O)[O-])cc([N+](=O)[O-])c1)C(=O)O. The van der Waals surface area contributed by atoms with Crippen LogP contribution in [0.5, 0.6) is 0 Å². The number of alkyl carbamates (subject to hydrolysis) is 1. The number of hydrogen-bond acceptors (Lipinski definition) is 7. The molecule has 1 aromatic carbocycles. The molecule has 0 saturated carbocycles. The Balaban J connectivity index is 2.88. The van der Waals surface area contributed by atoms with Gasteiger partial charge in [0.15, 0.2) is 0 Å². The number of nitrogens with zero attached hydrogens (tertiary/aromatic N) is 2. The second-order valence-electron chi connectivity index (χ2n) is 6.31. The van der Waals surface area contributed by atoms with Gasteiger partial charge in [-0.3, -0.25) is 20.2 Å². The van der Waals surface area contributed by atoms with Gasteiger partial charge >= 0.3 is 12.1 Å². The van der Waals surface area contributed by atoms with Crippen LogP contribution in [0, 0.1) is 26.1 Å². The zero-order valence-electron chi connectivity index (χ0n) is 14.4. The molecule has 0 spiro atoms. The molecule has 0 radical (unpaired) electrons. The van der Waals surface area contributed by atoms with Gasteiger partial charge in [-0.2, -0.15) is 0 Å². The Morgan fingerprint density at radius 3 is 2.08 bits per heavy atom. The summed E-state index contributed by atoms with van der Waals surface area (Å²) in [6.45, 7) is 4.41. The van der Waals surface area contributed by atoms with Crippen LogP contribution in [0.4, 0.5) is 16.2 Å². The lowest BCUT2D eigenvalue weighted by Crippen LogP contribution is -2.53. The van der Waals surface area contributed by atoms with Crippen LogP contribution in [-0.2, 0) is 16.1 Å². The van der Waals surface area contributed by atoms with E-state index in [0.717, 1.165) is 18.2 Å². The lowest BCUT2D eigenvalue weighted by Gasteiger charge is -2.27. The number of nitro groups is 2. The zero-order valence-corrected chi connectivity index (χ0v) is 14.4. The van der Waals surface area contributed by atoms with Crippen molar-refractivity contribution in [3.8, 4) is 0 Å². The van der Waals surface area contributed by atoms with Gasteiger partial charge in [-0.1, -0.05) is 13.8 Å². The Bertz CT molecular complexity index is 701. The van der Waals surface area contributed by atoms with Crippen LogP contribution in [0.15, 0.2) is 18.2 Å². The summed E-state index contributed by atoms with van der Waals surface area (Å²) in [5, 5.41) is 33.2. The number of hydrogen-bond donors (Lipinski definition) is 2. The average molecular weight is 369 g/mol. The molecule has 0 heterocycles. The summed E-state index contributed by atoms with van der Waals surface area (Å²) in [7, 11) is 0. The van der Waals surface area contributed by atoms with Gasteiger partial charge in [0.25, 0.3) is 11.4 Å². The minimum atomic E-state index is -1.56. The third kappa shape index (κ3) is 5.69. The van der Waals surface area contributed by atoms with Crippen molar-refractivity contribution in [3.05, 3.63) is 44.0 Å². The van der Waals surface area contributed by atoms with Crippen molar-refractivity contribution in [2.24, 2.45) is 5.92 Å². The summed E-state index contributed by atoms with van der Waals surface area (Å²) >= 11 is 0. The molecule has 2 N–H and O–H groups in total. The van der Waals surface area contributed by atoms with Gasteiger partial charge in [0.2, 0.25) is 0 Å². The van der Waals surface area contributed by atoms with E-state index in [1.54, 1.807) is 13.8 Å². The van der Waals surface area contributed by atoms with Gasteiger partial charge in [0.1, 0.15) is 12.1 Å². The van der Waals surface area contributed by atoms with E-state index in [-0.39, 0.29) is 17.9 Å². The van der Waals surface area contributed by atoms with Crippen molar-refractivity contribution in [2.75, 3.05) is 0 Å². The molecule has 1 aromatic rings. The molecule has 142 valence electrons.